The third-order valence-electron chi connectivity index (χ3n) is 3.60. The molecule has 1 aliphatic carbocycles. The maximum atomic E-state index is 6.14. The van der Waals surface area contributed by atoms with Crippen LogP contribution in [0.3, 0.4) is 0 Å². The minimum absolute atomic E-state index is 0.413. The Kier molecular flexibility index (Phi) is 5.99. The van der Waals surface area contributed by atoms with Crippen molar-refractivity contribution >= 4 is 11.6 Å². The topological polar surface area (TPSA) is 12.0 Å². The van der Waals surface area contributed by atoms with E-state index in [1.807, 2.05) is 0 Å². The summed E-state index contributed by atoms with van der Waals surface area (Å²) in [5.74, 6) is 1.64. The maximum absolute atomic E-state index is 6.14. The highest BCUT2D eigenvalue weighted by Crippen LogP contribution is 2.36. The Morgan fingerprint density at radius 2 is 1.87 bits per heavy atom. The first-order valence-electron chi connectivity index (χ1n) is 6.45. The van der Waals surface area contributed by atoms with Gasteiger partial charge in [0.05, 0.1) is 0 Å². The van der Waals surface area contributed by atoms with Gasteiger partial charge in [0.1, 0.15) is 0 Å². The lowest BCUT2D eigenvalue weighted by Crippen LogP contribution is -2.38. The largest absolute Gasteiger partial charge is 0.316 e. The van der Waals surface area contributed by atoms with Gasteiger partial charge in [-0.2, -0.15) is 0 Å². The van der Waals surface area contributed by atoms with E-state index in [1.54, 1.807) is 0 Å². The predicted molar refractivity (Wildman–Crippen MR) is 68.6 cm³/mol. The van der Waals surface area contributed by atoms with E-state index in [1.165, 1.54) is 38.5 Å². The second-order valence-electron chi connectivity index (χ2n) is 5.55. The summed E-state index contributed by atoms with van der Waals surface area (Å²) >= 11 is 6.14. The standard InChI is InChI=1S/C13H26ClN/c1-12(2)6-9-15-11-13(10-14)7-4-3-5-8-13/h12,15H,3-11H2,1-2H3. The quantitative estimate of drug-likeness (QED) is 0.542. The Morgan fingerprint density at radius 3 is 2.40 bits per heavy atom. The van der Waals surface area contributed by atoms with Crippen LogP contribution in [0.25, 0.3) is 0 Å². The average Bonchev–Trinajstić information content (AvgIpc) is 2.26. The van der Waals surface area contributed by atoms with Crippen molar-refractivity contribution in [2.24, 2.45) is 11.3 Å². The van der Waals surface area contributed by atoms with E-state index >= 15 is 0 Å². The van der Waals surface area contributed by atoms with Gasteiger partial charge in [-0.1, -0.05) is 33.1 Å². The molecule has 1 fully saturated rings. The zero-order chi connectivity index (χ0) is 11.1. The SMILES string of the molecule is CC(C)CCNCC1(CCl)CCCCC1. The van der Waals surface area contributed by atoms with Crippen LogP contribution in [0.5, 0.6) is 0 Å². The lowest BCUT2D eigenvalue weighted by molar-refractivity contribution is 0.211. The molecule has 0 spiro atoms. The molecule has 0 aromatic carbocycles. The number of rotatable bonds is 6. The molecule has 0 atom stereocenters. The molecule has 2 heteroatoms. The lowest BCUT2D eigenvalue weighted by atomic mass is 9.75. The second-order valence-corrected chi connectivity index (χ2v) is 5.82. The number of nitrogens with one attached hydrogen (secondary N) is 1. The van der Waals surface area contributed by atoms with Crippen molar-refractivity contribution in [3.8, 4) is 0 Å². The number of halogens is 1. The van der Waals surface area contributed by atoms with Crippen LogP contribution in [0, 0.1) is 11.3 Å². The molecule has 0 bridgehead atoms. The van der Waals surface area contributed by atoms with Crippen molar-refractivity contribution in [2.75, 3.05) is 19.0 Å². The molecule has 0 unspecified atom stereocenters. The van der Waals surface area contributed by atoms with Crippen LogP contribution >= 0.6 is 11.6 Å². The molecule has 0 amide bonds. The molecule has 1 aliphatic rings. The van der Waals surface area contributed by atoms with E-state index in [0.717, 1.165) is 24.9 Å². The summed E-state index contributed by atoms with van der Waals surface area (Å²) < 4.78 is 0. The summed E-state index contributed by atoms with van der Waals surface area (Å²) in [5, 5.41) is 3.59. The van der Waals surface area contributed by atoms with Gasteiger partial charge in [-0.25, -0.2) is 0 Å². The summed E-state index contributed by atoms with van der Waals surface area (Å²) in [7, 11) is 0. The Labute approximate surface area is 100.0 Å². The highest BCUT2D eigenvalue weighted by molar-refractivity contribution is 6.18. The van der Waals surface area contributed by atoms with Gasteiger partial charge in [-0.3, -0.25) is 0 Å². The third-order valence-corrected chi connectivity index (χ3v) is 4.16. The molecule has 0 saturated heterocycles. The first-order valence-corrected chi connectivity index (χ1v) is 6.99. The van der Waals surface area contributed by atoms with E-state index in [4.69, 9.17) is 11.6 Å². The Morgan fingerprint density at radius 1 is 1.20 bits per heavy atom. The predicted octanol–water partition coefficient (Wildman–Crippen LogP) is 3.81. The van der Waals surface area contributed by atoms with Crippen LogP contribution in [0.4, 0.5) is 0 Å². The molecule has 0 radical (unpaired) electrons. The summed E-state index contributed by atoms with van der Waals surface area (Å²) in [4.78, 5) is 0. The van der Waals surface area contributed by atoms with Crippen molar-refractivity contribution in [1.29, 1.82) is 0 Å². The molecule has 0 aromatic rings. The normalized spacial score (nSPS) is 20.8. The summed E-state index contributed by atoms with van der Waals surface area (Å²) in [6.45, 7) is 6.83. The molecular weight excluding hydrogens is 206 g/mol. The highest BCUT2D eigenvalue weighted by atomic mass is 35.5. The summed E-state index contributed by atoms with van der Waals surface area (Å²) in [5.41, 5.74) is 0.413. The molecule has 15 heavy (non-hydrogen) atoms. The zero-order valence-electron chi connectivity index (χ0n) is 10.3. The highest BCUT2D eigenvalue weighted by Gasteiger charge is 2.30. The van der Waals surface area contributed by atoms with Crippen molar-refractivity contribution in [1.82, 2.24) is 5.32 Å². The first-order chi connectivity index (χ1) is 7.18. The molecule has 0 aliphatic heterocycles. The van der Waals surface area contributed by atoms with Crippen LogP contribution in [-0.4, -0.2) is 19.0 Å². The van der Waals surface area contributed by atoms with Crippen molar-refractivity contribution < 1.29 is 0 Å². The van der Waals surface area contributed by atoms with E-state index in [2.05, 4.69) is 19.2 Å². The van der Waals surface area contributed by atoms with Crippen LogP contribution in [-0.2, 0) is 0 Å². The molecule has 1 nitrogen and oxygen atoms in total. The molecule has 0 heterocycles. The average molecular weight is 232 g/mol. The van der Waals surface area contributed by atoms with Gasteiger partial charge >= 0.3 is 0 Å². The molecule has 90 valence electrons. The van der Waals surface area contributed by atoms with Gasteiger partial charge in [-0.05, 0) is 37.1 Å². The van der Waals surface area contributed by atoms with Gasteiger partial charge in [0.2, 0.25) is 0 Å². The first kappa shape index (κ1) is 13.3. The fourth-order valence-corrected chi connectivity index (χ4v) is 2.77. The fourth-order valence-electron chi connectivity index (χ4n) is 2.40. The molecule has 1 N–H and O–H groups in total. The van der Waals surface area contributed by atoms with E-state index in [9.17, 15) is 0 Å². The van der Waals surface area contributed by atoms with E-state index in [-0.39, 0.29) is 0 Å². The smallest absolute Gasteiger partial charge is 0.0292 e. The molecule has 1 rings (SSSR count). The molecule has 0 aromatic heterocycles. The van der Waals surface area contributed by atoms with Crippen molar-refractivity contribution in [3.05, 3.63) is 0 Å². The van der Waals surface area contributed by atoms with Crippen LogP contribution in [0.1, 0.15) is 52.4 Å². The van der Waals surface area contributed by atoms with Crippen LogP contribution in [0.15, 0.2) is 0 Å². The van der Waals surface area contributed by atoms with Gasteiger partial charge in [-0.15, -0.1) is 11.6 Å². The Balaban J connectivity index is 2.20. The molecule has 1 saturated carbocycles. The van der Waals surface area contributed by atoms with Crippen LogP contribution < -0.4 is 5.32 Å². The minimum Gasteiger partial charge on any atom is -0.316 e. The number of alkyl halides is 1. The van der Waals surface area contributed by atoms with Gasteiger partial charge < -0.3 is 5.32 Å². The van der Waals surface area contributed by atoms with E-state index < -0.39 is 0 Å². The lowest BCUT2D eigenvalue weighted by Gasteiger charge is -2.35. The third kappa shape index (κ3) is 4.74. The van der Waals surface area contributed by atoms with Gasteiger partial charge in [0.15, 0.2) is 0 Å². The Bertz CT molecular complexity index is 162. The fraction of sp³-hybridized carbons (Fsp3) is 1.00. The van der Waals surface area contributed by atoms with Gasteiger partial charge in [0, 0.05) is 12.4 Å². The monoisotopic (exact) mass is 231 g/mol. The summed E-state index contributed by atoms with van der Waals surface area (Å²) in [6, 6.07) is 0. The molecular formula is C13H26ClN. The number of hydrogen-bond acceptors (Lipinski definition) is 1. The second kappa shape index (κ2) is 6.75. The summed E-state index contributed by atoms with van der Waals surface area (Å²) in [6.07, 6.45) is 8.08. The van der Waals surface area contributed by atoms with E-state index in [0.29, 0.717) is 5.41 Å². The number of hydrogen-bond donors (Lipinski definition) is 1. The zero-order valence-corrected chi connectivity index (χ0v) is 11.1. The minimum atomic E-state index is 0.413. The maximum Gasteiger partial charge on any atom is 0.0292 e. The van der Waals surface area contributed by atoms with Gasteiger partial charge in [0.25, 0.3) is 0 Å². The van der Waals surface area contributed by atoms with Crippen molar-refractivity contribution in [2.45, 2.75) is 52.4 Å². The van der Waals surface area contributed by atoms with Crippen LogP contribution in [0.2, 0.25) is 0 Å². The van der Waals surface area contributed by atoms with Crippen molar-refractivity contribution in [3.63, 3.8) is 0 Å². The Hall–Kier alpha value is 0.250.